The maximum absolute atomic E-state index is 12.6. The molecule has 9 heteroatoms. The van der Waals surface area contributed by atoms with Gasteiger partial charge in [0.1, 0.15) is 0 Å². The number of carbonyl (C=O) groups is 3. The standard InChI is InChI=1S/C20H20N4O5/c1-12-3-8-17(10-18(12)24(28)29)23-11-14(9-19(23)26)20(27)22-16-6-4-15(5-7-16)21-13(2)25/h3-8,10,14H,9,11H2,1-2H3,(H,21,25)(H,22,27)/t14-/m0/s1. The molecule has 2 aromatic carbocycles. The summed E-state index contributed by atoms with van der Waals surface area (Å²) in [6, 6.07) is 11.2. The van der Waals surface area contributed by atoms with Gasteiger partial charge in [-0.25, -0.2) is 0 Å². The Hall–Kier alpha value is -3.75. The molecule has 1 fully saturated rings. The van der Waals surface area contributed by atoms with Crippen molar-refractivity contribution in [2.75, 3.05) is 22.1 Å². The van der Waals surface area contributed by atoms with Crippen LogP contribution in [-0.4, -0.2) is 29.2 Å². The van der Waals surface area contributed by atoms with Crippen LogP contribution in [-0.2, 0) is 14.4 Å². The van der Waals surface area contributed by atoms with Gasteiger partial charge in [-0.15, -0.1) is 0 Å². The van der Waals surface area contributed by atoms with Crippen LogP contribution in [0.2, 0.25) is 0 Å². The topological polar surface area (TPSA) is 122 Å². The number of nitro groups is 1. The van der Waals surface area contributed by atoms with Gasteiger partial charge >= 0.3 is 0 Å². The molecule has 0 aromatic heterocycles. The second-order valence-electron chi connectivity index (χ2n) is 6.88. The summed E-state index contributed by atoms with van der Waals surface area (Å²) in [7, 11) is 0. The first kappa shape index (κ1) is 20.0. The largest absolute Gasteiger partial charge is 0.326 e. The summed E-state index contributed by atoms with van der Waals surface area (Å²) in [6.07, 6.45) is 0.0253. The van der Waals surface area contributed by atoms with Gasteiger partial charge in [-0.1, -0.05) is 6.07 Å². The molecule has 0 bridgehead atoms. The van der Waals surface area contributed by atoms with Crippen molar-refractivity contribution < 1.29 is 19.3 Å². The van der Waals surface area contributed by atoms with E-state index in [1.165, 1.54) is 17.9 Å². The number of nitrogens with one attached hydrogen (secondary N) is 2. The lowest BCUT2D eigenvalue weighted by molar-refractivity contribution is -0.385. The highest BCUT2D eigenvalue weighted by molar-refractivity contribution is 6.03. The highest BCUT2D eigenvalue weighted by atomic mass is 16.6. The molecule has 0 radical (unpaired) electrons. The molecule has 0 unspecified atom stereocenters. The van der Waals surface area contributed by atoms with Gasteiger partial charge in [0.15, 0.2) is 0 Å². The Labute approximate surface area is 166 Å². The molecule has 1 saturated heterocycles. The molecule has 150 valence electrons. The van der Waals surface area contributed by atoms with E-state index in [-0.39, 0.29) is 36.4 Å². The summed E-state index contributed by atoms with van der Waals surface area (Å²) >= 11 is 0. The van der Waals surface area contributed by atoms with E-state index in [0.717, 1.165) is 0 Å². The van der Waals surface area contributed by atoms with Crippen molar-refractivity contribution in [3.05, 3.63) is 58.1 Å². The Kier molecular flexibility index (Phi) is 5.58. The molecule has 0 aliphatic carbocycles. The Balaban J connectivity index is 1.68. The van der Waals surface area contributed by atoms with Crippen LogP contribution in [0.3, 0.4) is 0 Å². The molecule has 1 heterocycles. The van der Waals surface area contributed by atoms with Gasteiger partial charge in [0.2, 0.25) is 17.7 Å². The summed E-state index contributed by atoms with van der Waals surface area (Å²) < 4.78 is 0. The third-order valence-electron chi connectivity index (χ3n) is 4.67. The molecule has 0 spiro atoms. The molecule has 1 atom stereocenters. The molecule has 9 nitrogen and oxygen atoms in total. The van der Waals surface area contributed by atoms with Gasteiger partial charge in [0, 0.05) is 42.9 Å². The maximum Gasteiger partial charge on any atom is 0.274 e. The zero-order chi connectivity index (χ0) is 21.1. The third-order valence-corrected chi connectivity index (χ3v) is 4.67. The number of anilines is 3. The second kappa shape index (κ2) is 8.09. The molecular weight excluding hydrogens is 376 g/mol. The first-order valence-electron chi connectivity index (χ1n) is 8.98. The lowest BCUT2D eigenvalue weighted by Crippen LogP contribution is -2.28. The number of hydrogen-bond donors (Lipinski definition) is 2. The van der Waals surface area contributed by atoms with Gasteiger partial charge in [0.25, 0.3) is 5.69 Å². The van der Waals surface area contributed by atoms with E-state index in [4.69, 9.17) is 0 Å². The van der Waals surface area contributed by atoms with Crippen molar-refractivity contribution in [2.45, 2.75) is 20.3 Å². The van der Waals surface area contributed by atoms with Crippen LogP contribution in [0.25, 0.3) is 0 Å². The van der Waals surface area contributed by atoms with Crippen LogP contribution >= 0.6 is 0 Å². The molecule has 1 aliphatic heterocycles. The number of benzene rings is 2. The fraction of sp³-hybridized carbons (Fsp3) is 0.250. The number of amides is 3. The van der Waals surface area contributed by atoms with Gasteiger partial charge in [0.05, 0.1) is 16.5 Å². The predicted molar refractivity (Wildman–Crippen MR) is 108 cm³/mol. The molecule has 1 aliphatic rings. The minimum absolute atomic E-state index is 0.0253. The minimum Gasteiger partial charge on any atom is -0.326 e. The zero-order valence-electron chi connectivity index (χ0n) is 16.0. The monoisotopic (exact) mass is 396 g/mol. The van der Waals surface area contributed by atoms with Crippen molar-refractivity contribution in [1.82, 2.24) is 0 Å². The Bertz CT molecular complexity index is 987. The van der Waals surface area contributed by atoms with Crippen molar-refractivity contribution in [3.8, 4) is 0 Å². The van der Waals surface area contributed by atoms with Crippen LogP contribution in [0.15, 0.2) is 42.5 Å². The van der Waals surface area contributed by atoms with Crippen LogP contribution < -0.4 is 15.5 Å². The number of nitro benzene ring substituents is 1. The van der Waals surface area contributed by atoms with E-state index in [1.807, 2.05) is 0 Å². The predicted octanol–water partition coefficient (Wildman–Crippen LogP) is 2.85. The molecular formula is C20H20N4O5. The lowest BCUT2D eigenvalue weighted by Gasteiger charge is -2.17. The highest BCUT2D eigenvalue weighted by Crippen LogP contribution is 2.30. The number of nitrogens with zero attached hydrogens (tertiary/aromatic N) is 2. The van der Waals surface area contributed by atoms with Gasteiger partial charge in [-0.2, -0.15) is 0 Å². The number of rotatable bonds is 5. The highest BCUT2D eigenvalue weighted by Gasteiger charge is 2.35. The third kappa shape index (κ3) is 4.57. The zero-order valence-corrected chi connectivity index (χ0v) is 16.0. The van der Waals surface area contributed by atoms with E-state index in [9.17, 15) is 24.5 Å². The van der Waals surface area contributed by atoms with Gasteiger partial charge in [-0.05, 0) is 37.3 Å². The van der Waals surface area contributed by atoms with Gasteiger partial charge in [-0.3, -0.25) is 24.5 Å². The molecule has 0 saturated carbocycles. The molecule has 3 rings (SSSR count). The van der Waals surface area contributed by atoms with Crippen molar-refractivity contribution in [1.29, 1.82) is 0 Å². The van der Waals surface area contributed by atoms with E-state index < -0.39 is 10.8 Å². The Morgan fingerprint density at radius 1 is 1.10 bits per heavy atom. The average molecular weight is 396 g/mol. The summed E-state index contributed by atoms with van der Waals surface area (Å²) in [4.78, 5) is 48.1. The first-order chi connectivity index (χ1) is 13.7. The molecule has 2 N–H and O–H groups in total. The lowest BCUT2D eigenvalue weighted by atomic mass is 10.1. The average Bonchev–Trinajstić information content (AvgIpc) is 3.05. The Morgan fingerprint density at radius 2 is 1.72 bits per heavy atom. The minimum atomic E-state index is -0.571. The van der Waals surface area contributed by atoms with Crippen LogP contribution in [0, 0.1) is 23.0 Å². The fourth-order valence-electron chi connectivity index (χ4n) is 3.18. The fourth-order valence-corrected chi connectivity index (χ4v) is 3.18. The second-order valence-corrected chi connectivity index (χ2v) is 6.88. The first-order valence-corrected chi connectivity index (χ1v) is 8.98. The van der Waals surface area contributed by atoms with Crippen LogP contribution in [0.1, 0.15) is 18.9 Å². The number of aryl methyl sites for hydroxylation is 1. The van der Waals surface area contributed by atoms with E-state index in [0.29, 0.717) is 22.6 Å². The molecule has 3 amide bonds. The molecule has 29 heavy (non-hydrogen) atoms. The van der Waals surface area contributed by atoms with Crippen LogP contribution in [0.5, 0.6) is 0 Å². The van der Waals surface area contributed by atoms with E-state index in [2.05, 4.69) is 10.6 Å². The number of hydrogen-bond acceptors (Lipinski definition) is 5. The van der Waals surface area contributed by atoms with Crippen molar-refractivity contribution in [2.24, 2.45) is 5.92 Å². The Morgan fingerprint density at radius 3 is 2.31 bits per heavy atom. The van der Waals surface area contributed by atoms with Crippen molar-refractivity contribution in [3.63, 3.8) is 0 Å². The normalized spacial score (nSPS) is 15.9. The smallest absolute Gasteiger partial charge is 0.274 e. The van der Waals surface area contributed by atoms with Crippen LogP contribution in [0.4, 0.5) is 22.7 Å². The summed E-state index contributed by atoms with van der Waals surface area (Å²) in [5, 5.41) is 16.5. The summed E-state index contributed by atoms with van der Waals surface area (Å²) in [5.41, 5.74) is 1.99. The maximum atomic E-state index is 12.6. The quantitative estimate of drug-likeness (QED) is 0.594. The SMILES string of the molecule is CC(=O)Nc1ccc(NC(=O)[C@H]2CC(=O)N(c3ccc(C)c([N+](=O)[O-])c3)C2)cc1. The van der Waals surface area contributed by atoms with E-state index in [1.54, 1.807) is 43.3 Å². The number of carbonyl (C=O) groups excluding carboxylic acids is 3. The molecule has 2 aromatic rings. The summed E-state index contributed by atoms with van der Waals surface area (Å²) in [5.74, 6) is -1.33. The van der Waals surface area contributed by atoms with Gasteiger partial charge < -0.3 is 15.5 Å². The van der Waals surface area contributed by atoms with Crippen molar-refractivity contribution >= 4 is 40.5 Å². The summed E-state index contributed by atoms with van der Waals surface area (Å²) in [6.45, 7) is 3.18. The van der Waals surface area contributed by atoms with E-state index >= 15 is 0 Å².